The number of hydrogen-bond acceptors (Lipinski definition) is 3. The first kappa shape index (κ1) is 15.3. The molecule has 1 aliphatic heterocycles. The fourth-order valence-electron chi connectivity index (χ4n) is 2.41. The summed E-state index contributed by atoms with van der Waals surface area (Å²) in [5.74, 6) is 0. The third-order valence-corrected chi connectivity index (χ3v) is 5.32. The lowest BCUT2D eigenvalue weighted by Crippen LogP contribution is -2.01. The molecule has 2 heterocycles. The number of benzene rings is 1. The minimum absolute atomic E-state index is 0.00657. The average molecular weight is 385 g/mol. The zero-order chi connectivity index (χ0) is 14.8. The van der Waals surface area contributed by atoms with Crippen molar-refractivity contribution in [3.05, 3.63) is 57.3 Å². The molecule has 0 N–H and O–H groups in total. The molecule has 0 spiro atoms. The Labute approximate surface area is 142 Å². The van der Waals surface area contributed by atoms with Crippen LogP contribution in [0.5, 0.6) is 0 Å². The quantitative estimate of drug-likeness (QED) is 0.704. The van der Waals surface area contributed by atoms with E-state index in [2.05, 4.69) is 52.1 Å². The summed E-state index contributed by atoms with van der Waals surface area (Å²) in [5.41, 5.74) is 2.13. The third kappa shape index (κ3) is 3.81. The summed E-state index contributed by atoms with van der Waals surface area (Å²) >= 11 is 11.5. The fourth-order valence-corrected chi connectivity index (χ4v) is 4.38. The van der Waals surface area contributed by atoms with Crippen LogP contribution < -0.4 is 0 Å². The molecule has 1 fully saturated rings. The summed E-state index contributed by atoms with van der Waals surface area (Å²) in [7, 11) is 0. The summed E-state index contributed by atoms with van der Waals surface area (Å²) in [6, 6.07) is 10.4. The van der Waals surface area contributed by atoms with Crippen LogP contribution in [0.15, 0.2) is 45.9 Å². The molecule has 110 valence electrons. The van der Waals surface area contributed by atoms with E-state index in [1.165, 1.54) is 10.5 Å². The van der Waals surface area contributed by atoms with E-state index in [4.69, 9.17) is 16.3 Å². The maximum atomic E-state index is 6.26. The molecule has 2 nitrogen and oxygen atoms in total. The lowest BCUT2D eigenvalue weighted by molar-refractivity contribution is 0.109. The van der Waals surface area contributed by atoms with Crippen LogP contribution in [0.4, 0.5) is 0 Å². The zero-order valence-electron chi connectivity index (χ0n) is 11.6. The second-order valence-corrected chi connectivity index (χ2v) is 7.83. The summed E-state index contributed by atoms with van der Waals surface area (Å²) < 4.78 is 6.78. The Morgan fingerprint density at radius 3 is 3.00 bits per heavy atom. The molecule has 2 unspecified atom stereocenters. The molecule has 0 amide bonds. The van der Waals surface area contributed by atoms with Crippen LogP contribution in [0.25, 0.3) is 0 Å². The van der Waals surface area contributed by atoms with Crippen molar-refractivity contribution in [2.24, 2.45) is 0 Å². The van der Waals surface area contributed by atoms with Crippen molar-refractivity contribution < 1.29 is 4.74 Å². The molecule has 1 aliphatic rings. The number of aryl methyl sites for hydroxylation is 1. The maximum absolute atomic E-state index is 6.26. The number of rotatable bonds is 3. The summed E-state index contributed by atoms with van der Waals surface area (Å²) in [6.07, 6.45) is 2.70. The second kappa shape index (κ2) is 6.69. The van der Waals surface area contributed by atoms with Gasteiger partial charge in [0.05, 0.1) is 17.3 Å². The van der Waals surface area contributed by atoms with Crippen molar-refractivity contribution in [3.63, 3.8) is 0 Å². The van der Waals surface area contributed by atoms with Crippen LogP contribution in [0.1, 0.15) is 23.8 Å². The number of nitrogens with zero attached hydrogens (tertiary/aromatic N) is 1. The van der Waals surface area contributed by atoms with Gasteiger partial charge in [-0.1, -0.05) is 29.3 Å². The molecule has 0 saturated carbocycles. The number of aromatic nitrogens is 1. The standard InChI is InChI=1S/C16H15BrClNOS/c1-10-3-2-4-12(5-10)21-13-7-15(20-9-13)16-14(18)6-11(17)8-19-16/h2-6,8,13,15H,7,9H2,1H3. The lowest BCUT2D eigenvalue weighted by Gasteiger charge is -2.11. The van der Waals surface area contributed by atoms with E-state index in [1.54, 1.807) is 6.20 Å². The van der Waals surface area contributed by atoms with Gasteiger partial charge in [0.2, 0.25) is 0 Å². The predicted molar refractivity (Wildman–Crippen MR) is 91.1 cm³/mol. The second-order valence-electron chi connectivity index (χ2n) is 5.13. The van der Waals surface area contributed by atoms with Gasteiger partial charge in [0.25, 0.3) is 0 Å². The Morgan fingerprint density at radius 1 is 1.38 bits per heavy atom. The molecule has 0 bridgehead atoms. The highest BCUT2D eigenvalue weighted by Crippen LogP contribution is 2.39. The highest BCUT2D eigenvalue weighted by molar-refractivity contribution is 9.10. The van der Waals surface area contributed by atoms with Gasteiger partial charge in [0.15, 0.2) is 0 Å². The first-order valence-electron chi connectivity index (χ1n) is 6.77. The smallest absolute Gasteiger partial charge is 0.102 e. The van der Waals surface area contributed by atoms with E-state index in [0.29, 0.717) is 10.3 Å². The SMILES string of the molecule is Cc1cccc(SC2COC(c3ncc(Br)cc3Cl)C2)c1. The Kier molecular flexibility index (Phi) is 4.89. The topological polar surface area (TPSA) is 22.1 Å². The lowest BCUT2D eigenvalue weighted by atomic mass is 10.1. The number of pyridine rings is 1. The molecule has 1 saturated heterocycles. The number of thioether (sulfide) groups is 1. The summed E-state index contributed by atoms with van der Waals surface area (Å²) in [5, 5.41) is 1.11. The molecule has 1 aromatic carbocycles. The largest absolute Gasteiger partial charge is 0.371 e. The van der Waals surface area contributed by atoms with Gasteiger partial charge < -0.3 is 4.74 Å². The van der Waals surface area contributed by atoms with Gasteiger partial charge in [-0.05, 0) is 47.5 Å². The van der Waals surface area contributed by atoms with E-state index in [9.17, 15) is 0 Å². The van der Waals surface area contributed by atoms with Crippen molar-refractivity contribution in [1.29, 1.82) is 0 Å². The zero-order valence-corrected chi connectivity index (χ0v) is 14.7. The van der Waals surface area contributed by atoms with Gasteiger partial charge in [0, 0.05) is 20.8 Å². The van der Waals surface area contributed by atoms with E-state index in [-0.39, 0.29) is 6.10 Å². The summed E-state index contributed by atoms with van der Waals surface area (Å²) in [4.78, 5) is 5.69. The van der Waals surface area contributed by atoms with Crippen LogP contribution >= 0.6 is 39.3 Å². The van der Waals surface area contributed by atoms with Crippen molar-refractivity contribution in [2.75, 3.05) is 6.61 Å². The van der Waals surface area contributed by atoms with Crippen LogP contribution in [-0.4, -0.2) is 16.8 Å². The van der Waals surface area contributed by atoms with Gasteiger partial charge in [-0.25, -0.2) is 0 Å². The van der Waals surface area contributed by atoms with Gasteiger partial charge in [-0.2, -0.15) is 0 Å². The monoisotopic (exact) mass is 383 g/mol. The van der Waals surface area contributed by atoms with E-state index in [1.807, 2.05) is 17.8 Å². The molecule has 0 aliphatic carbocycles. The predicted octanol–water partition coefficient (Wildman–Crippen LogP) is 5.43. The fraction of sp³-hybridized carbons (Fsp3) is 0.312. The molecular formula is C16H15BrClNOS. The normalized spacial score (nSPS) is 21.7. The van der Waals surface area contributed by atoms with Crippen molar-refractivity contribution in [1.82, 2.24) is 4.98 Å². The minimum atomic E-state index is -0.00657. The highest BCUT2D eigenvalue weighted by atomic mass is 79.9. The van der Waals surface area contributed by atoms with Gasteiger partial charge in [-0.3, -0.25) is 4.98 Å². The van der Waals surface area contributed by atoms with Crippen molar-refractivity contribution in [2.45, 2.75) is 29.6 Å². The molecule has 5 heteroatoms. The van der Waals surface area contributed by atoms with Gasteiger partial charge >= 0.3 is 0 Å². The van der Waals surface area contributed by atoms with Crippen LogP contribution in [0.2, 0.25) is 5.02 Å². The molecule has 1 aromatic heterocycles. The molecule has 21 heavy (non-hydrogen) atoms. The Balaban J connectivity index is 1.68. The van der Waals surface area contributed by atoms with E-state index >= 15 is 0 Å². The van der Waals surface area contributed by atoms with Crippen molar-refractivity contribution in [3.8, 4) is 0 Å². The molecule has 2 atom stereocenters. The Morgan fingerprint density at radius 2 is 2.24 bits per heavy atom. The molecule has 3 rings (SSSR count). The molecule has 2 aromatic rings. The third-order valence-electron chi connectivity index (χ3n) is 3.39. The maximum Gasteiger partial charge on any atom is 0.102 e. The minimum Gasteiger partial charge on any atom is -0.371 e. The number of halogens is 2. The van der Waals surface area contributed by atoms with Crippen LogP contribution in [-0.2, 0) is 4.74 Å². The molecule has 0 radical (unpaired) electrons. The average Bonchev–Trinajstić information content (AvgIpc) is 2.87. The number of hydrogen-bond donors (Lipinski definition) is 0. The first-order valence-corrected chi connectivity index (χ1v) is 8.83. The van der Waals surface area contributed by atoms with Crippen LogP contribution in [0, 0.1) is 6.92 Å². The van der Waals surface area contributed by atoms with E-state index < -0.39 is 0 Å². The van der Waals surface area contributed by atoms with Crippen LogP contribution in [0.3, 0.4) is 0 Å². The highest BCUT2D eigenvalue weighted by Gasteiger charge is 2.29. The summed E-state index contributed by atoms with van der Waals surface area (Å²) in [6.45, 7) is 2.85. The van der Waals surface area contributed by atoms with Crippen molar-refractivity contribution >= 4 is 39.3 Å². The Bertz CT molecular complexity index is 652. The number of ether oxygens (including phenoxy) is 1. The van der Waals surface area contributed by atoms with Gasteiger partial charge in [-0.15, -0.1) is 11.8 Å². The van der Waals surface area contributed by atoms with E-state index in [0.717, 1.165) is 23.2 Å². The van der Waals surface area contributed by atoms with Gasteiger partial charge in [0.1, 0.15) is 6.10 Å². The molecular weight excluding hydrogens is 370 g/mol. The Hall–Kier alpha value is -0.550. The first-order chi connectivity index (χ1) is 10.1.